The van der Waals surface area contributed by atoms with Crippen LogP contribution in [-0.2, 0) is 14.8 Å². The molecule has 0 unspecified atom stereocenters. The van der Waals surface area contributed by atoms with Crippen molar-refractivity contribution in [2.75, 3.05) is 12.8 Å². The highest BCUT2D eigenvalue weighted by atomic mass is 32.2. The Kier molecular flexibility index (Phi) is 5.24. The Morgan fingerprint density at radius 3 is 2.20 bits per heavy atom. The molecule has 118 valence electrons. The fourth-order valence-corrected chi connectivity index (χ4v) is 3.68. The molecule has 1 aliphatic rings. The molecule has 0 aromatic rings. The maximum Gasteiger partial charge on any atom is 0.217 e. The van der Waals surface area contributed by atoms with Gasteiger partial charge in [-0.25, -0.2) is 13.1 Å². The Morgan fingerprint density at radius 2 is 1.80 bits per heavy atom. The Morgan fingerprint density at radius 1 is 1.30 bits per heavy atom. The van der Waals surface area contributed by atoms with E-state index in [0.717, 1.165) is 25.7 Å². The smallest absolute Gasteiger partial charge is 0.217 e. The molecule has 0 aliphatic heterocycles. The van der Waals surface area contributed by atoms with Gasteiger partial charge >= 0.3 is 0 Å². The maximum atomic E-state index is 11.2. The second kappa shape index (κ2) is 6.02. The molecule has 0 bridgehead atoms. The number of rotatable bonds is 5. The lowest BCUT2D eigenvalue weighted by Crippen LogP contribution is -2.49. The summed E-state index contributed by atoms with van der Waals surface area (Å²) in [5.74, 6) is 0.488. The first kappa shape index (κ1) is 17.4. The van der Waals surface area contributed by atoms with E-state index in [9.17, 15) is 13.2 Å². The summed E-state index contributed by atoms with van der Waals surface area (Å²) < 4.78 is 25.1. The second-order valence-electron chi connectivity index (χ2n) is 7.10. The Labute approximate surface area is 122 Å². The number of nitrogens with one attached hydrogen (secondary N) is 2. The van der Waals surface area contributed by atoms with E-state index < -0.39 is 10.0 Å². The molecule has 1 fully saturated rings. The summed E-state index contributed by atoms with van der Waals surface area (Å²) in [6, 6.07) is 0. The van der Waals surface area contributed by atoms with Crippen LogP contribution < -0.4 is 10.0 Å². The van der Waals surface area contributed by atoms with Crippen LogP contribution in [0, 0.1) is 11.3 Å². The van der Waals surface area contributed by atoms with E-state index in [1.165, 1.54) is 6.26 Å². The van der Waals surface area contributed by atoms with Gasteiger partial charge in [-0.05, 0) is 43.9 Å². The SMILES string of the molecule is CC(=O)NC1(C)CCC(C(C)(C)CNS(C)(=O)=O)CC1. The molecular formula is C14H28N2O3S. The van der Waals surface area contributed by atoms with Gasteiger partial charge in [-0.1, -0.05) is 13.8 Å². The number of carbonyl (C=O) groups is 1. The van der Waals surface area contributed by atoms with Gasteiger partial charge < -0.3 is 5.32 Å². The third-order valence-corrected chi connectivity index (χ3v) is 5.13. The zero-order valence-corrected chi connectivity index (χ0v) is 14.1. The minimum Gasteiger partial charge on any atom is -0.351 e. The molecule has 5 nitrogen and oxygen atoms in total. The zero-order valence-electron chi connectivity index (χ0n) is 13.2. The molecule has 0 spiro atoms. The van der Waals surface area contributed by atoms with Crippen molar-refractivity contribution < 1.29 is 13.2 Å². The summed E-state index contributed by atoms with van der Waals surface area (Å²) in [6.07, 6.45) is 5.10. The van der Waals surface area contributed by atoms with E-state index in [1.54, 1.807) is 6.92 Å². The molecule has 2 N–H and O–H groups in total. The fraction of sp³-hybridized carbons (Fsp3) is 0.929. The van der Waals surface area contributed by atoms with Gasteiger partial charge in [0.1, 0.15) is 0 Å². The van der Waals surface area contributed by atoms with Gasteiger partial charge in [0.25, 0.3) is 0 Å². The van der Waals surface area contributed by atoms with Gasteiger partial charge in [0, 0.05) is 19.0 Å². The zero-order chi connectivity index (χ0) is 15.6. The topological polar surface area (TPSA) is 75.3 Å². The van der Waals surface area contributed by atoms with Crippen LogP contribution in [0.5, 0.6) is 0 Å². The summed E-state index contributed by atoms with van der Waals surface area (Å²) in [5, 5.41) is 3.04. The molecule has 1 saturated carbocycles. The van der Waals surface area contributed by atoms with Gasteiger partial charge in [0.15, 0.2) is 0 Å². The highest BCUT2D eigenvalue weighted by Gasteiger charge is 2.38. The second-order valence-corrected chi connectivity index (χ2v) is 8.93. The van der Waals surface area contributed by atoms with E-state index >= 15 is 0 Å². The average Bonchev–Trinajstić information content (AvgIpc) is 2.24. The molecule has 0 aromatic carbocycles. The molecule has 0 heterocycles. The van der Waals surface area contributed by atoms with E-state index in [0.29, 0.717) is 12.5 Å². The summed E-state index contributed by atoms with van der Waals surface area (Å²) in [4.78, 5) is 11.2. The van der Waals surface area contributed by atoms with Crippen LogP contribution in [0.4, 0.5) is 0 Å². The monoisotopic (exact) mass is 304 g/mol. The van der Waals surface area contributed by atoms with E-state index in [-0.39, 0.29) is 16.9 Å². The van der Waals surface area contributed by atoms with Crippen LogP contribution in [0.1, 0.15) is 53.4 Å². The molecule has 1 rings (SSSR count). The molecule has 0 saturated heterocycles. The predicted octanol–water partition coefficient (Wildman–Crippen LogP) is 1.65. The van der Waals surface area contributed by atoms with Crippen LogP contribution >= 0.6 is 0 Å². The summed E-state index contributed by atoms with van der Waals surface area (Å²) in [6.45, 7) is 8.32. The first-order valence-electron chi connectivity index (χ1n) is 7.17. The Balaban J connectivity index is 2.57. The maximum absolute atomic E-state index is 11.2. The lowest BCUT2D eigenvalue weighted by molar-refractivity contribution is -0.121. The van der Waals surface area contributed by atoms with Crippen LogP contribution in [0.25, 0.3) is 0 Å². The van der Waals surface area contributed by atoms with E-state index in [1.807, 2.05) is 0 Å². The van der Waals surface area contributed by atoms with Crippen molar-refractivity contribution in [3.8, 4) is 0 Å². The van der Waals surface area contributed by atoms with Crippen molar-refractivity contribution in [2.45, 2.75) is 58.9 Å². The number of hydrogen-bond donors (Lipinski definition) is 2. The molecule has 20 heavy (non-hydrogen) atoms. The number of sulfonamides is 1. The van der Waals surface area contributed by atoms with Crippen molar-refractivity contribution in [1.29, 1.82) is 0 Å². The van der Waals surface area contributed by atoms with E-state index in [4.69, 9.17) is 0 Å². The van der Waals surface area contributed by atoms with Gasteiger partial charge in [0.05, 0.1) is 6.26 Å². The van der Waals surface area contributed by atoms with Gasteiger partial charge in [0.2, 0.25) is 15.9 Å². The Bertz CT molecular complexity index is 449. The normalized spacial score (nSPS) is 28.1. The van der Waals surface area contributed by atoms with Crippen LogP contribution in [-0.4, -0.2) is 32.7 Å². The van der Waals surface area contributed by atoms with E-state index in [2.05, 4.69) is 30.8 Å². The third-order valence-electron chi connectivity index (χ3n) is 4.46. The molecule has 6 heteroatoms. The van der Waals surface area contributed by atoms with Crippen molar-refractivity contribution in [2.24, 2.45) is 11.3 Å². The summed E-state index contributed by atoms with van der Waals surface area (Å²) in [7, 11) is -3.14. The molecule has 0 aromatic heterocycles. The van der Waals surface area contributed by atoms with Gasteiger partial charge in [-0.3, -0.25) is 4.79 Å². The first-order chi connectivity index (χ1) is 8.94. The summed E-state index contributed by atoms with van der Waals surface area (Å²) >= 11 is 0. The molecule has 1 aliphatic carbocycles. The first-order valence-corrected chi connectivity index (χ1v) is 9.06. The molecule has 1 amide bonds. The van der Waals surface area contributed by atoms with Gasteiger partial charge in [-0.2, -0.15) is 0 Å². The molecule has 0 radical (unpaired) electrons. The van der Waals surface area contributed by atoms with Crippen molar-refractivity contribution in [1.82, 2.24) is 10.0 Å². The summed E-state index contributed by atoms with van der Waals surface area (Å²) in [5.41, 5.74) is -0.177. The number of carbonyl (C=O) groups excluding carboxylic acids is 1. The minimum absolute atomic E-state index is 0.0175. The largest absolute Gasteiger partial charge is 0.351 e. The average molecular weight is 304 g/mol. The molecule has 0 atom stereocenters. The highest BCUT2D eigenvalue weighted by molar-refractivity contribution is 7.88. The van der Waals surface area contributed by atoms with Crippen LogP contribution in [0.15, 0.2) is 0 Å². The van der Waals surface area contributed by atoms with Gasteiger partial charge in [-0.15, -0.1) is 0 Å². The van der Waals surface area contributed by atoms with Crippen LogP contribution in [0.2, 0.25) is 0 Å². The Hall–Kier alpha value is -0.620. The molecular weight excluding hydrogens is 276 g/mol. The quantitative estimate of drug-likeness (QED) is 0.811. The number of hydrogen-bond acceptors (Lipinski definition) is 3. The lowest BCUT2D eigenvalue weighted by atomic mass is 9.67. The number of amides is 1. The lowest BCUT2D eigenvalue weighted by Gasteiger charge is -2.43. The van der Waals surface area contributed by atoms with Crippen molar-refractivity contribution in [3.63, 3.8) is 0 Å². The standard InChI is InChI=1S/C14H28N2O3S/c1-11(17)16-14(4)8-6-12(7-9-14)13(2,3)10-15-20(5,18)19/h12,15H,6-10H2,1-5H3,(H,16,17). The highest BCUT2D eigenvalue weighted by Crippen LogP contribution is 2.41. The fourth-order valence-electron chi connectivity index (χ4n) is 3.05. The van der Waals surface area contributed by atoms with Crippen molar-refractivity contribution in [3.05, 3.63) is 0 Å². The minimum atomic E-state index is -3.14. The predicted molar refractivity (Wildman–Crippen MR) is 80.8 cm³/mol. The third kappa shape index (κ3) is 5.40. The van der Waals surface area contributed by atoms with Crippen LogP contribution in [0.3, 0.4) is 0 Å². The van der Waals surface area contributed by atoms with Crippen molar-refractivity contribution >= 4 is 15.9 Å².